The second kappa shape index (κ2) is 7.09. The minimum atomic E-state index is -0.500. The number of carbonyl (C=O) groups excluding carboxylic acids is 2. The van der Waals surface area contributed by atoms with Crippen LogP contribution >= 0.6 is 11.6 Å². The maximum atomic E-state index is 11.7. The van der Waals surface area contributed by atoms with Crippen molar-refractivity contribution in [3.63, 3.8) is 0 Å². The van der Waals surface area contributed by atoms with Gasteiger partial charge in [-0.05, 0) is 25.0 Å². The molecule has 0 spiro atoms. The molecule has 104 valence electrons. The standard InChI is InChI=1S/C13H17ClN2O3/c1-8(2)12(9(3)17)16-11(18)7-19-10-5-4-6-15-13(10)14/h4-6,8,12H,7H2,1-3H3,(H,16,18)/t12-/m0/s1. The van der Waals surface area contributed by atoms with Crippen LogP contribution in [0.4, 0.5) is 0 Å². The number of nitrogens with one attached hydrogen (secondary N) is 1. The zero-order valence-corrected chi connectivity index (χ0v) is 11.9. The molecule has 0 bridgehead atoms. The van der Waals surface area contributed by atoms with Crippen LogP contribution in [-0.4, -0.2) is 29.3 Å². The molecule has 0 aliphatic carbocycles. The molecule has 0 saturated carbocycles. The Morgan fingerprint density at radius 3 is 2.68 bits per heavy atom. The lowest BCUT2D eigenvalue weighted by molar-refractivity contribution is -0.129. The van der Waals surface area contributed by atoms with Gasteiger partial charge in [0.1, 0.15) is 0 Å². The van der Waals surface area contributed by atoms with Gasteiger partial charge in [0.25, 0.3) is 5.91 Å². The highest BCUT2D eigenvalue weighted by molar-refractivity contribution is 6.30. The summed E-state index contributed by atoms with van der Waals surface area (Å²) in [5, 5.41) is 2.83. The quantitative estimate of drug-likeness (QED) is 0.810. The average Bonchev–Trinajstić information content (AvgIpc) is 2.34. The van der Waals surface area contributed by atoms with E-state index in [9.17, 15) is 9.59 Å². The smallest absolute Gasteiger partial charge is 0.258 e. The van der Waals surface area contributed by atoms with E-state index in [2.05, 4.69) is 10.3 Å². The minimum absolute atomic E-state index is 0.0310. The van der Waals surface area contributed by atoms with Crippen LogP contribution in [0.3, 0.4) is 0 Å². The van der Waals surface area contributed by atoms with E-state index in [1.54, 1.807) is 12.1 Å². The SMILES string of the molecule is CC(=O)[C@@H](NC(=O)COc1cccnc1Cl)C(C)C. The van der Waals surface area contributed by atoms with Gasteiger partial charge in [-0.2, -0.15) is 0 Å². The first-order chi connectivity index (χ1) is 8.91. The van der Waals surface area contributed by atoms with Crippen molar-refractivity contribution >= 4 is 23.3 Å². The molecule has 1 aromatic rings. The lowest BCUT2D eigenvalue weighted by Crippen LogP contribution is -2.45. The van der Waals surface area contributed by atoms with Crippen molar-refractivity contribution in [1.82, 2.24) is 10.3 Å². The number of hydrogen-bond donors (Lipinski definition) is 1. The zero-order chi connectivity index (χ0) is 14.4. The zero-order valence-electron chi connectivity index (χ0n) is 11.1. The number of carbonyl (C=O) groups is 2. The number of nitrogens with zero attached hydrogens (tertiary/aromatic N) is 1. The van der Waals surface area contributed by atoms with E-state index in [4.69, 9.17) is 16.3 Å². The van der Waals surface area contributed by atoms with Crippen molar-refractivity contribution < 1.29 is 14.3 Å². The van der Waals surface area contributed by atoms with Crippen LogP contribution in [0.1, 0.15) is 20.8 Å². The van der Waals surface area contributed by atoms with Gasteiger partial charge in [0.2, 0.25) is 0 Å². The Bertz CT molecular complexity index is 463. The van der Waals surface area contributed by atoms with E-state index in [-0.39, 0.29) is 29.4 Å². The Morgan fingerprint density at radius 1 is 1.47 bits per heavy atom. The van der Waals surface area contributed by atoms with E-state index in [0.717, 1.165) is 0 Å². The van der Waals surface area contributed by atoms with Gasteiger partial charge in [0.15, 0.2) is 23.3 Å². The molecule has 1 amide bonds. The molecule has 0 saturated heterocycles. The summed E-state index contributed by atoms with van der Waals surface area (Å²) in [5.41, 5.74) is 0. The number of ether oxygens (including phenoxy) is 1. The first-order valence-corrected chi connectivity index (χ1v) is 6.32. The molecule has 1 atom stereocenters. The van der Waals surface area contributed by atoms with Crippen molar-refractivity contribution in [2.24, 2.45) is 5.92 Å². The molecule has 0 fully saturated rings. The van der Waals surface area contributed by atoms with Gasteiger partial charge in [-0.3, -0.25) is 9.59 Å². The summed E-state index contributed by atoms with van der Waals surface area (Å²) in [7, 11) is 0. The van der Waals surface area contributed by atoms with Crippen LogP contribution in [0.25, 0.3) is 0 Å². The molecule has 1 N–H and O–H groups in total. The Morgan fingerprint density at radius 2 is 2.16 bits per heavy atom. The largest absolute Gasteiger partial charge is 0.481 e. The summed E-state index contributed by atoms with van der Waals surface area (Å²) in [5.74, 6) is -0.0803. The molecule has 5 nitrogen and oxygen atoms in total. The average molecular weight is 285 g/mol. The van der Waals surface area contributed by atoms with E-state index in [0.29, 0.717) is 5.75 Å². The Kier molecular flexibility index (Phi) is 5.76. The highest BCUT2D eigenvalue weighted by atomic mass is 35.5. The summed E-state index contributed by atoms with van der Waals surface area (Å²) in [6.07, 6.45) is 1.53. The topological polar surface area (TPSA) is 68.3 Å². The maximum Gasteiger partial charge on any atom is 0.258 e. The number of pyridine rings is 1. The predicted octanol–water partition coefficient (Wildman–Crippen LogP) is 1.84. The number of halogens is 1. The fourth-order valence-corrected chi connectivity index (χ4v) is 1.75. The Balaban J connectivity index is 2.52. The predicted molar refractivity (Wildman–Crippen MR) is 72.2 cm³/mol. The number of rotatable bonds is 6. The number of hydrogen-bond acceptors (Lipinski definition) is 4. The van der Waals surface area contributed by atoms with Gasteiger partial charge in [-0.1, -0.05) is 25.4 Å². The monoisotopic (exact) mass is 284 g/mol. The molecule has 0 aliphatic heterocycles. The number of Topliss-reactive ketones (excluding diaryl/α,β-unsaturated/α-hetero) is 1. The summed E-state index contributed by atoms with van der Waals surface area (Å²) in [6, 6.07) is 2.78. The molecule has 1 aromatic heterocycles. The molecule has 1 heterocycles. The van der Waals surface area contributed by atoms with Gasteiger partial charge >= 0.3 is 0 Å². The molecule has 0 aliphatic rings. The van der Waals surface area contributed by atoms with Crippen LogP contribution in [0.15, 0.2) is 18.3 Å². The molecular formula is C13H17ClN2O3. The normalized spacial score (nSPS) is 12.1. The molecule has 1 rings (SSSR count). The summed E-state index contributed by atoms with van der Waals surface area (Å²) in [6.45, 7) is 4.97. The van der Waals surface area contributed by atoms with Gasteiger partial charge in [-0.15, -0.1) is 0 Å². The van der Waals surface area contributed by atoms with Crippen LogP contribution in [0.2, 0.25) is 5.15 Å². The molecule has 0 unspecified atom stereocenters. The number of ketones is 1. The fourth-order valence-electron chi connectivity index (χ4n) is 1.58. The second-order valence-corrected chi connectivity index (χ2v) is 4.84. The van der Waals surface area contributed by atoms with Gasteiger partial charge < -0.3 is 10.1 Å². The third-order valence-corrected chi connectivity index (χ3v) is 2.79. The Hall–Kier alpha value is -1.62. The van der Waals surface area contributed by atoms with Crippen molar-refractivity contribution in [3.05, 3.63) is 23.5 Å². The molecular weight excluding hydrogens is 268 g/mol. The summed E-state index contributed by atoms with van der Waals surface area (Å²) >= 11 is 5.79. The third kappa shape index (κ3) is 4.87. The lowest BCUT2D eigenvalue weighted by atomic mass is 10.0. The van der Waals surface area contributed by atoms with Crippen LogP contribution in [0, 0.1) is 5.92 Å². The van der Waals surface area contributed by atoms with Crippen molar-refractivity contribution in [1.29, 1.82) is 0 Å². The summed E-state index contributed by atoms with van der Waals surface area (Å²) < 4.78 is 5.24. The number of aromatic nitrogens is 1. The lowest BCUT2D eigenvalue weighted by Gasteiger charge is -2.19. The van der Waals surface area contributed by atoms with Crippen LogP contribution in [-0.2, 0) is 9.59 Å². The molecule has 6 heteroatoms. The van der Waals surface area contributed by atoms with Crippen molar-refractivity contribution in [2.75, 3.05) is 6.61 Å². The molecule has 0 radical (unpaired) electrons. The Labute approximate surface area is 117 Å². The van der Waals surface area contributed by atoms with E-state index < -0.39 is 6.04 Å². The van der Waals surface area contributed by atoms with Crippen LogP contribution in [0.5, 0.6) is 5.75 Å². The fraction of sp³-hybridized carbons (Fsp3) is 0.462. The van der Waals surface area contributed by atoms with Gasteiger partial charge in [0, 0.05) is 6.20 Å². The second-order valence-electron chi connectivity index (χ2n) is 4.48. The maximum absolute atomic E-state index is 11.7. The first-order valence-electron chi connectivity index (χ1n) is 5.95. The summed E-state index contributed by atoms with van der Waals surface area (Å²) in [4.78, 5) is 26.9. The highest BCUT2D eigenvalue weighted by Crippen LogP contribution is 2.19. The van der Waals surface area contributed by atoms with Crippen LogP contribution < -0.4 is 10.1 Å². The van der Waals surface area contributed by atoms with E-state index in [1.165, 1.54) is 13.1 Å². The number of amides is 1. The molecule has 19 heavy (non-hydrogen) atoms. The molecule has 0 aromatic carbocycles. The highest BCUT2D eigenvalue weighted by Gasteiger charge is 2.20. The van der Waals surface area contributed by atoms with Crippen molar-refractivity contribution in [3.8, 4) is 5.75 Å². The van der Waals surface area contributed by atoms with Crippen molar-refractivity contribution in [2.45, 2.75) is 26.8 Å². The minimum Gasteiger partial charge on any atom is -0.481 e. The first kappa shape index (κ1) is 15.4. The van der Waals surface area contributed by atoms with E-state index in [1.807, 2.05) is 13.8 Å². The third-order valence-electron chi connectivity index (χ3n) is 2.50. The van der Waals surface area contributed by atoms with Gasteiger partial charge in [-0.25, -0.2) is 4.98 Å². The van der Waals surface area contributed by atoms with Gasteiger partial charge in [0.05, 0.1) is 6.04 Å². The van der Waals surface area contributed by atoms with E-state index >= 15 is 0 Å².